The minimum atomic E-state index is -0.721. The standard InChI is InChI=1S/C16H17FOS/c1-10-8-12(9-11(2)15(10)17)16(18)13-6-4-5-7-14(13)19-3/h4-9,16,18H,1-3H3. The van der Waals surface area contributed by atoms with E-state index < -0.39 is 6.10 Å². The lowest BCUT2D eigenvalue weighted by Crippen LogP contribution is -2.03. The van der Waals surface area contributed by atoms with Gasteiger partial charge in [0.25, 0.3) is 0 Å². The molecule has 0 aliphatic carbocycles. The van der Waals surface area contributed by atoms with E-state index in [4.69, 9.17) is 0 Å². The molecule has 0 amide bonds. The van der Waals surface area contributed by atoms with E-state index in [9.17, 15) is 9.50 Å². The maximum atomic E-state index is 13.6. The summed E-state index contributed by atoms with van der Waals surface area (Å²) in [4.78, 5) is 1.04. The van der Waals surface area contributed by atoms with Gasteiger partial charge in [0.1, 0.15) is 11.9 Å². The summed E-state index contributed by atoms with van der Waals surface area (Å²) < 4.78 is 13.6. The van der Waals surface area contributed by atoms with Crippen LogP contribution in [0.5, 0.6) is 0 Å². The van der Waals surface area contributed by atoms with Crippen LogP contribution < -0.4 is 0 Å². The quantitative estimate of drug-likeness (QED) is 0.846. The molecular weight excluding hydrogens is 259 g/mol. The Hall–Kier alpha value is -1.32. The van der Waals surface area contributed by atoms with E-state index >= 15 is 0 Å². The number of aliphatic hydroxyl groups excluding tert-OH is 1. The van der Waals surface area contributed by atoms with Crippen molar-refractivity contribution >= 4 is 11.8 Å². The second kappa shape index (κ2) is 5.76. The molecular formula is C16H17FOS. The highest BCUT2D eigenvalue weighted by atomic mass is 32.2. The van der Waals surface area contributed by atoms with Crippen LogP contribution in [0.1, 0.15) is 28.4 Å². The van der Waals surface area contributed by atoms with Gasteiger partial charge in [-0.3, -0.25) is 0 Å². The van der Waals surface area contributed by atoms with Crippen molar-refractivity contribution in [2.24, 2.45) is 0 Å². The fraction of sp³-hybridized carbons (Fsp3) is 0.250. The van der Waals surface area contributed by atoms with Crippen LogP contribution in [0.25, 0.3) is 0 Å². The van der Waals surface area contributed by atoms with Crippen LogP contribution in [-0.4, -0.2) is 11.4 Å². The van der Waals surface area contributed by atoms with Gasteiger partial charge in [-0.05, 0) is 48.4 Å². The van der Waals surface area contributed by atoms with Crippen molar-refractivity contribution in [2.75, 3.05) is 6.26 Å². The molecule has 0 aliphatic heterocycles. The molecule has 0 heterocycles. The van der Waals surface area contributed by atoms with Gasteiger partial charge in [0.15, 0.2) is 0 Å². The molecule has 3 heteroatoms. The Kier molecular flexibility index (Phi) is 4.27. The summed E-state index contributed by atoms with van der Waals surface area (Å²) >= 11 is 1.60. The third-order valence-electron chi connectivity index (χ3n) is 3.21. The van der Waals surface area contributed by atoms with Crippen molar-refractivity contribution in [1.82, 2.24) is 0 Å². The molecule has 0 fully saturated rings. The maximum absolute atomic E-state index is 13.6. The van der Waals surface area contributed by atoms with E-state index in [-0.39, 0.29) is 5.82 Å². The monoisotopic (exact) mass is 276 g/mol. The zero-order valence-electron chi connectivity index (χ0n) is 11.3. The lowest BCUT2D eigenvalue weighted by Gasteiger charge is -2.16. The predicted octanol–water partition coefficient (Wildman–Crippen LogP) is 4.25. The molecule has 0 saturated heterocycles. The molecule has 0 saturated carbocycles. The van der Waals surface area contributed by atoms with Gasteiger partial charge in [-0.2, -0.15) is 0 Å². The molecule has 2 aromatic carbocycles. The molecule has 0 bridgehead atoms. The molecule has 2 rings (SSSR count). The first-order valence-corrected chi connectivity index (χ1v) is 7.34. The summed E-state index contributed by atoms with van der Waals surface area (Å²) in [5.74, 6) is -0.200. The number of rotatable bonds is 3. The minimum Gasteiger partial charge on any atom is -0.384 e. The van der Waals surface area contributed by atoms with Gasteiger partial charge in [-0.1, -0.05) is 30.3 Å². The number of aryl methyl sites for hydroxylation is 2. The van der Waals surface area contributed by atoms with Crippen molar-refractivity contribution in [3.8, 4) is 0 Å². The first kappa shape index (κ1) is 14.1. The highest BCUT2D eigenvalue weighted by molar-refractivity contribution is 7.98. The molecule has 0 aliphatic rings. The lowest BCUT2D eigenvalue weighted by molar-refractivity contribution is 0.217. The Morgan fingerprint density at radius 1 is 1.11 bits per heavy atom. The van der Waals surface area contributed by atoms with Crippen LogP contribution in [0, 0.1) is 19.7 Å². The Labute approximate surface area is 117 Å². The van der Waals surface area contributed by atoms with Crippen LogP contribution in [0.15, 0.2) is 41.3 Å². The Balaban J connectivity index is 2.47. The van der Waals surface area contributed by atoms with Crippen molar-refractivity contribution in [1.29, 1.82) is 0 Å². The van der Waals surface area contributed by atoms with E-state index in [2.05, 4.69) is 0 Å². The van der Waals surface area contributed by atoms with Gasteiger partial charge in [-0.15, -0.1) is 11.8 Å². The first-order chi connectivity index (χ1) is 9.04. The van der Waals surface area contributed by atoms with Crippen LogP contribution in [0.4, 0.5) is 4.39 Å². The highest BCUT2D eigenvalue weighted by Crippen LogP contribution is 2.31. The topological polar surface area (TPSA) is 20.2 Å². The van der Waals surface area contributed by atoms with Gasteiger partial charge >= 0.3 is 0 Å². The second-order valence-corrected chi connectivity index (χ2v) is 5.46. The molecule has 19 heavy (non-hydrogen) atoms. The van der Waals surface area contributed by atoms with Gasteiger partial charge < -0.3 is 5.11 Å². The Morgan fingerprint density at radius 2 is 1.68 bits per heavy atom. The SMILES string of the molecule is CSc1ccccc1C(O)c1cc(C)c(F)c(C)c1. The predicted molar refractivity (Wildman–Crippen MR) is 78.2 cm³/mol. The van der Waals surface area contributed by atoms with Gasteiger partial charge in [0, 0.05) is 4.90 Å². The van der Waals surface area contributed by atoms with Gasteiger partial charge in [0.2, 0.25) is 0 Å². The molecule has 0 aromatic heterocycles. The van der Waals surface area contributed by atoms with Crippen LogP contribution in [0.2, 0.25) is 0 Å². The average molecular weight is 276 g/mol. The van der Waals surface area contributed by atoms with Crippen LogP contribution in [-0.2, 0) is 0 Å². The fourth-order valence-electron chi connectivity index (χ4n) is 2.21. The summed E-state index contributed by atoms with van der Waals surface area (Å²) in [6.07, 6.45) is 1.26. The van der Waals surface area contributed by atoms with Crippen molar-refractivity contribution in [3.05, 3.63) is 64.5 Å². The van der Waals surface area contributed by atoms with E-state index in [1.807, 2.05) is 30.5 Å². The number of halogens is 1. The lowest BCUT2D eigenvalue weighted by atomic mass is 9.97. The second-order valence-electron chi connectivity index (χ2n) is 4.61. The highest BCUT2D eigenvalue weighted by Gasteiger charge is 2.16. The smallest absolute Gasteiger partial charge is 0.129 e. The maximum Gasteiger partial charge on any atom is 0.129 e. The molecule has 1 N–H and O–H groups in total. The number of hydrogen-bond donors (Lipinski definition) is 1. The molecule has 1 nitrogen and oxygen atoms in total. The molecule has 0 spiro atoms. The summed E-state index contributed by atoms with van der Waals surface area (Å²) in [6.45, 7) is 3.44. The zero-order chi connectivity index (χ0) is 14.0. The molecule has 1 unspecified atom stereocenters. The van der Waals surface area contributed by atoms with Crippen molar-refractivity contribution in [2.45, 2.75) is 24.8 Å². The fourth-order valence-corrected chi connectivity index (χ4v) is 2.84. The Morgan fingerprint density at radius 3 is 2.26 bits per heavy atom. The summed E-state index contributed by atoms with van der Waals surface area (Å²) in [6, 6.07) is 11.2. The van der Waals surface area contributed by atoms with Gasteiger partial charge in [0.05, 0.1) is 0 Å². The molecule has 2 aromatic rings. The number of aliphatic hydroxyl groups is 1. The number of thioether (sulfide) groups is 1. The summed E-state index contributed by atoms with van der Waals surface area (Å²) in [5.41, 5.74) is 2.73. The minimum absolute atomic E-state index is 0.200. The van der Waals surface area contributed by atoms with E-state index in [1.54, 1.807) is 37.7 Å². The Bertz CT molecular complexity index is 572. The van der Waals surface area contributed by atoms with Crippen LogP contribution in [0.3, 0.4) is 0 Å². The summed E-state index contributed by atoms with van der Waals surface area (Å²) in [7, 11) is 0. The molecule has 1 atom stereocenters. The normalized spacial score (nSPS) is 12.5. The molecule has 0 radical (unpaired) electrons. The third-order valence-corrected chi connectivity index (χ3v) is 4.02. The number of hydrogen-bond acceptors (Lipinski definition) is 2. The van der Waals surface area contributed by atoms with Crippen molar-refractivity contribution in [3.63, 3.8) is 0 Å². The van der Waals surface area contributed by atoms with E-state index in [1.165, 1.54) is 0 Å². The molecule has 100 valence electrons. The van der Waals surface area contributed by atoms with E-state index in [0.717, 1.165) is 16.0 Å². The van der Waals surface area contributed by atoms with E-state index in [0.29, 0.717) is 11.1 Å². The zero-order valence-corrected chi connectivity index (χ0v) is 12.1. The van der Waals surface area contributed by atoms with Gasteiger partial charge in [-0.25, -0.2) is 4.39 Å². The van der Waals surface area contributed by atoms with Crippen LogP contribution >= 0.6 is 11.8 Å². The number of benzene rings is 2. The van der Waals surface area contributed by atoms with Crippen molar-refractivity contribution < 1.29 is 9.50 Å². The first-order valence-electron chi connectivity index (χ1n) is 6.12. The largest absolute Gasteiger partial charge is 0.384 e. The third kappa shape index (κ3) is 2.82. The average Bonchev–Trinajstić information content (AvgIpc) is 2.43. The summed E-state index contributed by atoms with van der Waals surface area (Å²) in [5, 5.41) is 10.5.